The third-order valence-electron chi connectivity index (χ3n) is 2.56. The van der Waals surface area contributed by atoms with Gasteiger partial charge in [0.15, 0.2) is 0 Å². The van der Waals surface area contributed by atoms with E-state index >= 15 is 0 Å². The second kappa shape index (κ2) is 5.16. The number of rotatable bonds is 6. The Morgan fingerprint density at radius 3 is 2.40 bits per heavy atom. The maximum absolute atomic E-state index is 12.2. The maximum atomic E-state index is 12.2. The number of aliphatic hydroxyl groups excluding tert-OH is 1. The normalized spacial score (nSPS) is 19.6. The molecule has 0 aromatic carbocycles. The molecule has 0 amide bonds. The Morgan fingerprint density at radius 1 is 1.40 bits per heavy atom. The molecule has 0 aliphatic heterocycles. The lowest BCUT2D eigenvalue weighted by atomic mass is 10.2. The summed E-state index contributed by atoms with van der Waals surface area (Å²) in [5, 5.41) is 9.35. The summed E-state index contributed by atoms with van der Waals surface area (Å²) in [6.45, 7) is 1.47. The summed E-state index contributed by atoms with van der Waals surface area (Å²) in [5.74, 6) is 0.413. The van der Waals surface area contributed by atoms with Crippen LogP contribution in [0.15, 0.2) is 0 Å². The van der Waals surface area contributed by atoms with Gasteiger partial charge in [-0.25, -0.2) is 0 Å². The molecule has 1 aliphatic rings. The third kappa shape index (κ3) is 5.99. The fourth-order valence-corrected chi connectivity index (χ4v) is 1.55. The number of halogens is 3. The van der Waals surface area contributed by atoms with Gasteiger partial charge in [-0.05, 0) is 25.2 Å². The van der Waals surface area contributed by atoms with Gasteiger partial charge >= 0.3 is 6.18 Å². The second-order valence-electron chi connectivity index (χ2n) is 4.31. The van der Waals surface area contributed by atoms with Crippen LogP contribution in [0.3, 0.4) is 0 Å². The molecule has 1 aliphatic carbocycles. The molecular weight excluding hydrogens is 207 g/mol. The zero-order valence-corrected chi connectivity index (χ0v) is 8.93. The third-order valence-corrected chi connectivity index (χ3v) is 2.56. The standard InChI is InChI=1S/C10H18F3NO/c1-2-9(15)6-14(5-8-3-4-8)7-10(11,12)13/h8-9,15H,2-7H2,1H3/t9-/m1/s1. The van der Waals surface area contributed by atoms with Crippen molar-refractivity contribution in [3.63, 3.8) is 0 Å². The molecule has 1 saturated carbocycles. The van der Waals surface area contributed by atoms with Gasteiger partial charge in [0.2, 0.25) is 0 Å². The summed E-state index contributed by atoms with van der Waals surface area (Å²) in [4.78, 5) is 1.33. The Bertz CT molecular complexity index is 192. The van der Waals surface area contributed by atoms with E-state index in [0.717, 1.165) is 12.8 Å². The van der Waals surface area contributed by atoms with E-state index < -0.39 is 18.8 Å². The van der Waals surface area contributed by atoms with Crippen LogP contribution in [0.4, 0.5) is 13.2 Å². The molecule has 5 heteroatoms. The fourth-order valence-electron chi connectivity index (χ4n) is 1.55. The highest BCUT2D eigenvalue weighted by atomic mass is 19.4. The summed E-state index contributed by atoms with van der Waals surface area (Å²) in [6.07, 6.45) is -2.26. The Morgan fingerprint density at radius 2 is 2.00 bits per heavy atom. The van der Waals surface area contributed by atoms with Crippen LogP contribution in [0.25, 0.3) is 0 Å². The number of hydrogen-bond acceptors (Lipinski definition) is 2. The van der Waals surface area contributed by atoms with Crippen molar-refractivity contribution in [1.82, 2.24) is 4.90 Å². The molecule has 0 aromatic heterocycles. The highest BCUT2D eigenvalue weighted by molar-refractivity contribution is 4.79. The highest BCUT2D eigenvalue weighted by Crippen LogP contribution is 2.30. The highest BCUT2D eigenvalue weighted by Gasteiger charge is 2.34. The van der Waals surface area contributed by atoms with Crippen molar-refractivity contribution in [2.24, 2.45) is 5.92 Å². The zero-order chi connectivity index (χ0) is 11.5. The molecule has 0 saturated heterocycles. The van der Waals surface area contributed by atoms with E-state index in [-0.39, 0.29) is 6.54 Å². The van der Waals surface area contributed by atoms with Crippen LogP contribution >= 0.6 is 0 Å². The smallest absolute Gasteiger partial charge is 0.392 e. The summed E-state index contributed by atoms with van der Waals surface area (Å²) >= 11 is 0. The summed E-state index contributed by atoms with van der Waals surface area (Å²) in [7, 11) is 0. The van der Waals surface area contributed by atoms with E-state index in [2.05, 4.69) is 0 Å². The molecule has 0 radical (unpaired) electrons. The number of hydrogen-bond donors (Lipinski definition) is 1. The van der Waals surface area contributed by atoms with Crippen LogP contribution in [-0.2, 0) is 0 Å². The van der Waals surface area contributed by atoms with Gasteiger partial charge in [-0.1, -0.05) is 6.92 Å². The molecule has 1 atom stereocenters. The molecule has 0 unspecified atom stereocenters. The molecule has 15 heavy (non-hydrogen) atoms. The van der Waals surface area contributed by atoms with Crippen molar-refractivity contribution >= 4 is 0 Å². The molecule has 0 bridgehead atoms. The molecule has 90 valence electrons. The molecule has 1 N–H and O–H groups in total. The van der Waals surface area contributed by atoms with Gasteiger partial charge in [0.1, 0.15) is 0 Å². The van der Waals surface area contributed by atoms with E-state index in [1.807, 2.05) is 0 Å². The topological polar surface area (TPSA) is 23.5 Å². The Hall–Kier alpha value is -0.290. The SMILES string of the molecule is CC[C@@H](O)CN(CC1CC1)CC(F)(F)F. The first-order valence-electron chi connectivity index (χ1n) is 5.38. The van der Waals surface area contributed by atoms with Crippen LogP contribution < -0.4 is 0 Å². The van der Waals surface area contributed by atoms with E-state index in [4.69, 9.17) is 0 Å². The molecule has 0 spiro atoms. The molecular formula is C10H18F3NO. The first-order valence-corrected chi connectivity index (χ1v) is 5.38. The lowest BCUT2D eigenvalue weighted by Gasteiger charge is -2.25. The number of alkyl halides is 3. The summed E-state index contributed by atoms with van der Waals surface area (Å²) in [5.41, 5.74) is 0. The first kappa shape index (κ1) is 12.8. The van der Waals surface area contributed by atoms with Gasteiger partial charge in [-0.3, -0.25) is 4.90 Å². The van der Waals surface area contributed by atoms with Crippen LogP contribution in [0.5, 0.6) is 0 Å². The fraction of sp³-hybridized carbons (Fsp3) is 1.00. The average Bonchev–Trinajstić information content (AvgIpc) is 2.84. The molecule has 2 nitrogen and oxygen atoms in total. The van der Waals surface area contributed by atoms with Crippen molar-refractivity contribution in [3.05, 3.63) is 0 Å². The van der Waals surface area contributed by atoms with Gasteiger partial charge in [0.25, 0.3) is 0 Å². The minimum atomic E-state index is -4.16. The monoisotopic (exact) mass is 225 g/mol. The van der Waals surface area contributed by atoms with Crippen molar-refractivity contribution in [3.8, 4) is 0 Å². The van der Waals surface area contributed by atoms with Crippen molar-refractivity contribution in [2.45, 2.75) is 38.5 Å². The van der Waals surface area contributed by atoms with Crippen LogP contribution in [-0.4, -0.2) is 41.9 Å². The van der Waals surface area contributed by atoms with Gasteiger partial charge in [-0.2, -0.15) is 13.2 Å². The van der Waals surface area contributed by atoms with Gasteiger partial charge in [0.05, 0.1) is 12.6 Å². The van der Waals surface area contributed by atoms with Crippen LogP contribution in [0.1, 0.15) is 26.2 Å². The number of nitrogens with zero attached hydrogens (tertiary/aromatic N) is 1. The molecule has 1 rings (SSSR count). The van der Waals surface area contributed by atoms with Crippen molar-refractivity contribution in [1.29, 1.82) is 0 Å². The van der Waals surface area contributed by atoms with E-state index in [0.29, 0.717) is 18.9 Å². The largest absolute Gasteiger partial charge is 0.401 e. The molecule has 1 fully saturated rings. The van der Waals surface area contributed by atoms with Gasteiger partial charge in [0, 0.05) is 13.1 Å². The minimum absolute atomic E-state index is 0.131. The van der Waals surface area contributed by atoms with Gasteiger partial charge in [-0.15, -0.1) is 0 Å². The van der Waals surface area contributed by atoms with Gasteiger partial charge < -0.3 is 5.11 Å². The Labute approximate surface area is 88.1 Å². The second-order valence-corrected chi connectivity index (χ2v) is 4.31. The average molecular weight is 225 g/mol. The Kier molecular flexibility index (Phi) is 4.40. The van der Waals surface area contributed by atoms with Crippen LogP contribution in [0, 0.1) is 5.92 Å². The minimum Gasteiger partial charge on any atom is -0.392 e. The lowest BCUT2D eigenvalue weighted by Crippen LogP contribution is -2.40. The number of aliphatic hydroxyl groups is 1. The van der Waals surface area contributed by atoms with E-state index in [9.17, 15) is 18.3 Å². The van der Waals surface area contributed by atoms with Crippen molar-refractivity contribution in [2.75, 3.05) is 19.6 Å². The molecule has 0 aromatic rings. The Balaban J connectivity index is 2.36. The quantitative estimate of drug-likeness (QED) is 0.747. The predicted molar refractivity (Wildman–Crippen MR) is 51.5 cm³/mol. The van der Waals surface area contributed by atoms with Crippen LogP contribution in [0.2, 0.25) is 0 Å². The predicted octanol–water partition coefficient (Wildman–Crippen LogP) is 2.03. The maximum Gasteiger partial charge on any atom is 0.401 e. The molecule has 0 heterocycles. The van der Waals surface area contributed by atoms with Crippen molar-refractivity contribution < 1.29 is 18.3 Å². The summed E-state index contributed by atoms with van der Waals surface area (Å²) in [6, 6.07) is 0. The van der Waals surface area contributed by atoms with E-state index in [1.165, 1.54) is 4.90 Å². The van der Waals surface area contributed by atoms with E-state index in [1.54, 1.807) is 6.92 Å². The summed E-state index contributed by atoms with van der Waals surface area (Å²) < 4.78 is 36.6. The zero-order valence-electron chi connectivity index (χ0n) is 8.93. The lowest BCUT2D eigenvalue weighted by molar-refractivity contribution is -0.149. The first-order chi connectivity index (χ1) is 6.90.